The summed E-state index contributed by atoms with van der Waals surface area (Å²) >= 11 is 0. The van der Waals surface area contributed by atoms with Crippen molar-refractivity contribution in [2.75, 3.05) is 19.8 Å². The molecule has 0 aromatic carbocycles. The average Bonchev–Trinajstić information content (AvgIpc) is 2.16. The molecular weight excluding hydrogens is 170 g/mol. The minimum atomic E-state index is -0.742. The second-order valence-corrected chi connectivity index (χ2v) is 3.59. The van der Waals surface area contributed by atoms with E-state index in [1.165, 1.54) is 0 Å². The Morgan fingerprint density at radius 3 is 3.00 bits per heavy atom. The molecule has 1 rings (SSSR count). The van der Waals surface area contributed by atoms with Gasteiger partial charge >= 0.3 is 0 Å². The quantitative estimate of drug-likeness (QED) is 0.558. The Bertz CT molecular complexity index is 143. The lowest BCUT2D eigenvalue weighted by molar-refractivity contribution is -0.0476. The predicted octanol–water partition coefficient (Wildman–Crippen LogP) is -0.503. The second kappa shape index (κ2) is 5.54. The molecule has 0 aliphatic carbocycles. The van der Waals surface area contributed by atoms with Crippen LogP contribution in [0.2, 0.25) is 0 Å². The van der Waals surface area contributed by atoms with Crippen molar-refractivity contribution < 1.29 is 14.9 Å². The van der Waals surface area contributed by atoms with Gasteiger partial charge in [-0.3, -0.25) is 0 Å². The van der Waals surface area contributed by atoms with E-state index in [0.717, 1.165) is 19.4 Å². The van der Waals surface area contributed by atoms with E-state index in [4.69, 9.17) is 14.9 Å². The summed E-state index contributed by atoms with van der Waals surface area (Å²) in [6.45, 7) is 3.13. The van der Waals surface area contributed by atoms with Gasteiger partial charge in [-0.05, 0) is 26.3 Å². The van der Waals surface area contributed by atoms with Gasteiger partial charge < -0.3 is 20.3 Å². The number of piperidine rings is 1. The molecule has 4 nitrogen and oxygen atoms in total. The van der Waals surface area contributed by atoms with Gasteiger partial charge in [0, 0.05) is 6.04 Å². The fraction of sp³-hybridized carbons (Fsp3) is 1.00. The summed E-state index contributed by atoms with van der Waals surface area (Å²) in [5.74, 6) is 0. The Morgan fingerprint density at radius 1 is 1.62 bits per heavy atom. The molecule has 0 spiro atoms. The molecule has 1 heterocycles. The molecule has 13 heavy (non-hydrogen) atoms. The Morgan fingerprint density at radius 2 is 2.38 bits per heavy atom. The number of aliphatic hydroxyl groups excluding tert-OH is 2. The minimum Gasteiger partial charge on any atom is -0.394 e. The monoisotopic (exact) mass is 189 g/mol. The highest BCUT2D eigenvalue weighted by Gasteiger charge is 2.21. The molecule has 3 N–H and O–H groups in total. The van der Waals surface area contributed by atoms with E-state index in [1.54, 1.807) is 0 Å². The lowest BCUT2D eigenvalue weighted by Crippen LogP contribution is -2.45. The van der Waals surface area contributed by atoms with Gasteiger partial charge in [0.1, 0.15) is 6.10 Å². The van der Waals surface area contributed by atoms with Crippen LogP contribution in [0.5, 0.6) is 0 Å². The first-order valence-corrected chi connectivity index (χ1v) is 4.88. The Kier molecular flexibility index (Phi) is 4.66. The van der Waals surface area contributed by atoms with E-state index in [9.17, 15) is 0 Å². The van der Waals surface area contributed by atoms with Crippen LogP contribution in [-0.2, 0) is 4.74 Å². The molecular formula is C9H19NO3. The van der Waals surface area contributed by atoms with Crippen LogP contribution in [0, 0.1) is 0 Å². The molecule has 0 radical (unpaired) electrons. The van der Waals surface area contributed by atoms with E-state index >= 15 is 0 Å². The number of nitrogens with one attached hydrogen (secondary N) is 1. The number of aliphatic hydroxyl groups is 2. The summed E-state index contributed by atoms with van der Waals surface area (Å²) < 4.78 is 5.48. The summed E-state index contributed by atoms with van der Waals surface area (Å²) in [5.41, 5.74) is 0. The van der Waals surface area contributed by atoms with Crippen LogP contribution in [-0.4, -0.2) is 48.2 Å². The first-order chi connectivity index (χ1) is 6.24. The Balaban J connectivity index is 2.18. The minimum absolute atomic E-state index is 0.176. The topological polar surface area (TPSA) is 61.7 Å². The highest BCUT2D eigenvalue weighted by Crippen LogP contribution is 2.12. The summed E-state index contributed by atoms with van der Waals surface area (Å²) in [7, 11) is 0. The van der Waals surface area contributed by atoms with Gasteiger partial charge in [0.15, 0.2) is 0 Å². The van der Waals surface area contributed by atoms with E-state index in [1.807, 2.05) is 0 Å². The molecule has 0 saturated carbocycles. The van der Waals surface area contributed by atoms with E-state index in [-0.39, 0.29) is 19.3 Å². The molecule has 0 aromatic heterocycles. The van der Waals surface area contributed by atoms with Crippen LogP contribution >= 0.6 is 0 Å². The first kappa shape index (κ1) is 10.9. The number of rotatable bonds is 4. The van der Waals surface area contributed by atoms with E-state index in [0.29, 0.717) is 6.04 Å². The van der Waals surface area contributed by atoms with Crippen LogP contribution < -0.4 is 5.32 Å². The summed E-state index contributed by atoms with van der Waals surface area (Å²) in [4.78, 5) is 0. The smallest absolute Gasteiger partial charge is 0.100 e. The summed E-state index contributed by atoms with van der Waals surface area (Å²) in [6, 6.07) is 0.347. The van der Waals surface area contributed by atoms with Crippen molar-refractivity contribution in [1.29, 1.82) is 0 Å². The molecule has 0 aromatic rings. The van der Waals surface area contributed by atoms with Gasteiger partial charge in [-0.1, -0.05) is 0 Å². The molecule has 3 unspecified atom stereocenters. The van der Waals surface area contributed by atoms with E-state index < -0.39 is 6.10 Å². The average molecular weight is 189 g/mol. The number of ether oxygens (including phenoxy) is 1. The van der Waals surface area contributed by atoms with Gasteiger partial charge in [0.2, 0.25) is 0 Å². The SMILES string of the molecule is CC1NCCCC1OCC(O)CO. The normalized spacial score (nSPS) is 31.6. The van der Waals surface area contributed by atoms with Crippen molar-refractivity contribution in [2.45, 2.75) is 38.0 Å². The zero-order valence-corrected chi connectivity index (χ0v) is 8.07. The standard InChI is InChI=1S/C9H19NO3/c1-7-9(3-2-4-10-7)13-6-8(12)5-11/h7-12H,2-6H2,1H3. The van der Waals surface area contributed by atoms with Crippen molar-refractivity contribution in [3.63, 3.8) is 0 Å². The maximum absolute atomic E-state index is 9.08. The van der Waals surface area contributed by atoms with Crippen molar-refractivity contribution in [2.24, 2.45) is 0 Å². The van der Waals surface area contributed by atoms with Gasteiger partial charge in [0.05, 0.1) is 19.3 Å². The first-order valence-electron chi connectivity index (χ1n) is 4.88. The van der Waals surface area contributed by atoms with Gasteiger partial charge in [0.25, 0.3) is 0 Å². The molecule has 0 amide bonds. The van der Waals surface area contributed by atoms with Crippen molar-refractivity contribution in [1.82, 2.24) is 5.32 Å². The molecule has 1 fully saturated rings. The molecule has 4 heteroatoms. The molecule has 1 saturated heterocycles. The Labute approximate surface area is 78.9 Å². The maximum Gasteiger partial charge on any atom is 0.100 e. The number of hydrogen-bond donors (Lipinski definition) is 3. The highest BCUT2D eigenvalue weighted by molar-refractivity contribution is 4.78. The third-order valence-corrected chi connectivity index (χ3v) is 2.40. The van der Waals surface area contributed by atoms with Crippen LogP contribution in [0.25, 0.3) is 0 Å². The largest absolute Gasteiger partial charge is 0.394 e. The fourth-order valence-electron chi connectivity index (χ4n) is 1.53. The molecule has 1 aliphatic rings. The highest BCUT2D eigenvalue weighted by atomic mass is 16.5. The van der Waals surface area contributed by atoms with E-state index in [2.05, 4.69) is 12.2 Å². The van der Waals surface area contributed by atoms with Crippen LogP contribution in [0.4, 0.5) is 0 Å². The van der Waals surface area contributed by atoms with Crippen molar-refractivity contribution in [3.05, 3.63) is 0 Å². The molecule has 0 bridgehead atoms. The molecule has 3 atom stereocenters. The molecule has 1 aliphatic heterocycles. The third-order valence-electron chi connectivity index (χ3n) is 2.40. The van der Waals surface area contributed by atoms with Gasteiger partial charge in [-0.15, -0.1) is 0 Å². The van der Waals surface area contributed by atoms with Crippen LogP contribution in [0.1, 0.15) is 19.8 Å². The third kappa shape index (κ3) is 3.60. The second-order valence-electron chi connectivity index (χ2n) is 3.59. The number of hydrogen-bond acceptors (Lipinski definition) is 4. The lowest BCUT2D eigenvalue weighted by atomic mass is 10.0. The van der Waals surface area contributed by atoms with Gasteiger partial charge in [-0.2, -0.15) is 0 Å². The summed E-state index contributed by atoms with van der Waals surface area (Å²) in [5, 5.41) is 21.0. The molecule has 78 valence electrons. The van der Waals surface area contributed by atoms with Crippen LogP contribution in [0.3, 0.4) is 0 Å². The Hall–Kier alpha value is -0.160. The van der Waals surface area contributed by atoms with Crippen molar-refractivity contribution in [3.8, 4) is 0 Å². The predicted molar refractivity (Wildman–Crippen MR) is 49.5 cm³/mol. The zero-order chi connectivity index (χ0) is 9.68. The fourth-order valence-corrected chi connectivity index (χ4v) is 1.53. The van der Waals surface area contributed by atoms with Gasteiger partial charge in [-0.25, -0.2) is 0 Å². The lowest BCUT2D eigenvalue weighted by Gasteiger charge is -2.30. The maximum atomic E-state index is 9.08. The summed E-state index contributed by atoms with van der Waals surface area (Å²) in [6.07, 6.45) is 1.58. The zero-order valence-electron chi connectivity index (χ0n) is 8.07. The van der Waals surface area contributed by atoms with Crippen LogP contribution in [0.15, 0.2) is 0 Å². The van der Waals surface area contributed by atoms with Crippen molar-refractivity contribution >= 4 is 0 Å².